The lowest BCUT2D eigenvalue weighted by Crippen LogP contribution is -2.31. The maximum atomic E-state index is 11.4. The molecule has 1 aromatic rings. The fourth-order valence-corrected chi connectivity index (χ4v) is 1.70. The minimum absolute atomic E-state index is 0.326. The average molecular weight is 190 g/mol. The first-order valence-electron chi connectivity index (χ1n) is 4.59. The van der Waals surface area contributed by atoms with E-state index < -0.39 is 11.8 Å². The number of ether oxygens (including phenoxy) is 1. The third kappa shape index (κ3) is 1.21. The summed E-state index contributed by atoms with van der Waals surface area (Å²) >= 11 is 0. The van der Waals surface area contributed by atoms with Gasteiger partial charge in [0.2, 0.25) is 5.78 Å². The highest BCUT2D eigenvalue weighted by Crippen LogP contribution is 2.33. The fraction of sp³-hybridized carbons (Fsp3) is 0.273. The summed E-state index contributed by atoms with van der Waals surface area (Å²) in [6.45, 7) is 1.89. The van der Waals surface area contributed by atoms with Crippen LogP contribution >= 0.6 is 0 Å². The highest BCUT2D eigenvalue weighted by molar-refractivity contribution is 6.37. The Morgan fingerprint density at radius 1 is 1.29 bits per heavy atom. The maximum absolute atomic E-state index is 11.4. The second kappa shape index (κ2) is 3.25. The van der Waals surface area contributed by atoms with Crippen molar-refractivity contribution in [3.8, 4) is 5.75 Å². The Labute approximate surface area is 81.7 Å². The molecular formula is C11H10O3. The van der Waals surface area contributed by atoms with Crippen molar-refractivity contribution in [3.63, 3.8) is 0 Å². The number of Topliss-reactive ketones (excluding diaryl/α,β-unsaturated/α-hetero) is 1. The van der Waals surface area contributed by atoms with Crippen molar-refractivity contribution in [2.24, 2.45) is 0 Å². The van der Waals surface area contributed by atoms with E-state index in [2.05, 4.69) is 0 Å². The lowest BCUT2D eigenvalue weighted by molar-refractivity contribution is -0.149. The van der Waals surface area contributed by atoms with Crippen molar-refractivity contribution < 1.29 is 14.3 Å². The number of hydrogen-bond donors (Lipinski definition) is 0. The molecule has 1 aliphatic heterocycles. The van der Waals surface area contributed by atoms with Gasteiger partial charge < -0.3 is 4.74 Å². The van der Waals surface area contributed by atoms with Crippen molar-refractivity contribution >= 4 is 11.8 Å². The number of fused-ring (bicyclic) bond motifs is 1. The van der Waals surface area contributed by atoms with E-state index in [1.807, 2.05) is 19.1 Å². The number of benzene rings is 1. The summed E-state index contributed by atoms with van der Waals surface area (Å²) < 4.78 is 4.89. The van der Waals surface area contributed by atoms with E-state index in [4.69, 9.17) is 4.74 Å². The average Bonchev–Trinajstić information content (AvgIpc) is 2.20. The third-order valence-electron chi connectivity index (χ3n) is 2.42. The summed E-state index contributed by atoms with van der Waals surface area (Å²) in [6.07, 6.45) is 0.630. The van der Waals surface area contributed by atoms with E-state index in [0.717, 1.165) is 5.56 Å². The Morgan fingerprint density at radius 3 is 2.71 bits per heavy atom. The largest absolute Gasteiger partial charge is 0.420 e. The monoisotopic (exact) mass is 190 g/mol. The van der Waals surface area contributed by atoms with E-state index in [0.29, 0.717) is 12.2 Å². The Hall–Kier alpha value is -1.64. The number of hydrogen-bond acceptors (Lipinski definition) is 3. The van der Waals surface area contributed by atoms with Crippen LogP contribution in [0.25, 0.3) is 0 Å². The molecule has 0 fully saturated rings. The second-order valence-electron chi connectivity index (χ2n) is 3.25. The summed E-state index contributed by atoms with van der Waals surface area (Å²) in [6, 6.07) is 7.17. The Bertz CT molecular complexity index is 395. The Kier molecular flexibility index (Phi) is 2.08. The zero-order chi connectivity index (χ0) is 10.1. The van der Waals surface area contributed by atoms with Gasteiger partial charge in [0.15, 0.2) is 0 Å². The van der Waals surface area contributed by atoms with Gasteiger partial charge in [0.25, 0.3) is 0 Å². The molecule has 0 N–H and O–H groups in total. The van der Waals surface area contributed by atoms with Crippen LogP contribution < -0.4 is 4.74 Å². The normalized spacial score (nSPS) is 20.2. The minimum Gasteiger partial charge on any atom is -0.420 e. The molecule has 0 saturated carbocycles. The summed E-state index contributed by atoms with van der Waals surface area (Å²) in [5.74, 6) is -0.988. The fourth-order valence-electron chi connectivity index (χ4n) is 1.70. The van der Waals surface area contributed by atoms with Crippen LogP contribution in [0.15, 0.2) is 24.3 Å². The van der Waals surface area contributed by atoms with Gasteiger partial charge in [-0.05, 0) is 12.5 Å². The molecule has 0 radical (unpaired) electrons. The van der Waals surface area contributed by atoms with Crippen molar-refractivity contribution in [2.75, 3.05) is 0 Å². The number of carbonyl (C=O) groups is 2. The molecule has 1 atom stereocenters. The molecule has 0 aliphatic carbocycles. The molecule has 0 bridgehead atoms. The Balaban J connectivity index is 2.52. The number of ketones is 1. The van der Waals surface area contributed by atoms with Gasteiger partial charge in [0.05, 0.1) is 5.92 Å². The standard InChI is InChI=1S/C11H10O3/c1-2-7-8-5-3-4-6-9(8)14-11(13)10(7)12/h3-7H,2H2,1H3. The van der Waals surface area contributed by atoms with Crippen LogP contribution in [-0.4, -0.2) is 11.8 Å². The van der Waals surface area contributed by atoms with Gasteiger partial charge in [-0.3, -0.25) is 4.79 Å². The smallest absolute Gasteiger partial charge is 0.380 e. The number of esters is 1. The predicted octanol–water partition coefficient (Wildman–Crippen LogP) is 1.67. The first-order valence-corrected chi connectivity index (χ1v) is 4.59. The van der Waals surface area contributed by atoms with Gasteiger partial charge in [0, 0.05) is 5.56 Å². The van der Waals surface area contributed by atoms with Crippen LogP contribution in [0.5, 0.6) is 5.75 Å². The third-order valence-corrected chi connectivity index (χ3v) is 2.42. The maximum Gasteiger partial charge on any atom is 0.380 e. The summed E-state index contributed by atoms with van der Waals surface area (Å²) in [5.41, 5.74) is 0.819. The molecule has 0 aromatic heterocycles. The van der Waals surface area contributed by atoms with Gasteiger partial charge in [-0.25, -0.2) is 4.79 Å². The van der Waals surface area contributed by atoms with Crippen molar-refractivity contribution in [1.82, 2.24) is 0 Å². The number of para-hydroxylation sites is 1. The first kappa shape index (κ1) is 8.94. The van der Waals surface area contributed by atoms with Crippen LogP contribution in [0.4, 0.5) is 0 Å². The quantitative estimate of drug-likeness (QED) is 0.384. The highest BCUT2D eigenvalue weighted by Gasteiger charge is 2.34. The lowest BCUT2D eigenvalue weighted by atomic mass is 9.90. The van der Waals surface area contributed by atoms with Crippen LogP contribution in [0.3, 0.4) is 0 Å². The molecule has 0 spiro atoms. The predicted molar refractivity (Wildman–Crippen MR) is 50.1 cm³/mol. The van der Waals surface area contributed by atoms with E-state index in [1.165, 1.54) is 0 Å². The van der Waals surface area contributed by atoms with Crippen molar-refractivity contribution in [3.05, 3.63) is 29.8 Å². The van der Waals surface area contributed by atoms with E-state index >= 15 is 0 Å². The number of carbonyl (C=O) groups excluding carboxylic acids is 2. The molecule has 1 heterocycles. The molecule has 3 nitrogen and oxygen atoms in total. The first-order chi connectivity index (χ1) is 6.74. The molecule has 72 valence electrons. The lowest BCUT2D eigenvalue weighted by Gasteiger charge is -2.21. The van der Waals surface area contributed by atoms with Crippen LogP contribution in [0, 0.1) is 0 Å². The summed E-state index contributed by atoms with van der Waals surface area (Å²) in [4.78, 5) is 22.6. The van der Waals surface area contributed by atoms with Crippen molar-refractivity contribution in [1.29, 1.82) is 0 Å². The molecule has 3 heteroatoms. The van der Waals surface area contributed by atoms with Gasteiger partial charge in [-0.1, -0.05) is 25.1 Å². The van der Waals surface area contributed by atoms with Crippen LogP contribution in [0.1, 0.15) is 24.8 Å². The molecule has 1 aliphatic rings. The zero-order valence-electron chi connectivity index (χ0n) is 7.82. The van der Waals surface area contributed by atoms with E-state index in [-0.39, 0.29) is 5.92 Å². The van der Waals surface area contributed by atoms with Gasteiger partial charge in [-0.2, -0.15) is 0 Å². The molecule has 0 amide bonds. The highest BCUT2D eigenvalue weighted by atomic mass is 16.5. The molecule has 2 rings (SSSR count). The van der Waals surface area contributed by atoms with E-state index in [9.17, 15) is 9.59 Å². The Morgan fingerprint density at radius 2 is 2.00 bits per heavy atom. The van der Waals surface area contributed by atoms with Crippen LogP contribution in [0.2, 0.25) is 0 Å². The molecule has 1 aromatic carbocycles. The van der Waals surface area contributed by atoms with Crippen molar-refractivity contribution in [2.45, 2.75) is 19.3 Å². The van der Waals surface area contributed by atoms with Gasteiger partial charge >= 0.3 is 5.97 Å². The van der Waals surface area contributed by atoms with Gasteiger partial charge in [-0.15, -0.1) is 0 Å². The number of rotatable bonds is 1. The minimum atomic E-state index is -0.740. The second-order valence-corrected chi connectivity index (χ2v) is 3.25. The molecule has 14 heavy (non-hydrogen) atoms. The molecule has 0 saturated heterocycles. The summed E-state index contributed by atoms with van der Waals surface area (Å²) in [5, 5.41) is 0. The SMILES string of the molecule is CCC1C(=O)C(=O)Oc2ccccc21. The van der Waals surface area contributed by atoms with E-state index in [1.54, 1.807) is 12.1 Å². The molecular weight excluding hydrogens is 180 g/mol. The summed E-state index contributed by atoms with van der Waals surface area (Å²) in [7, 11) is 0. The van der Waals surface area contributed by atoms with Crippen LogP contribution in [-0.2, 0) is 9.59 Å². The molecule has 1 unspecified atom stereocenters. The van der Waals surface area contributed by atoms with Gasteiger partial charge in [0.1, 0.15) is 5.75 Å². The zero-order valence-corrected chi connectivity index (χ0v) is 7.82. The topological polar surface area (TPSA) is 43.4 Å².